The van der Waals surface area contributed by atoms with E-state index < -0.39 is 5.91 Å². The fourth-order valence-electron chi connectivity index (χ4n) is 1.66. The van der Waals surface area contributed by atoms with Gasteiger partial charge in [0.2, 0.25) is 5.91 Å². The van der Waals surface area contributed by atoms with Crippen LogP contribution in [-0.4, -0.2) is 16.8 Å². The predicted octanol–water partition coefficient (Wildman–Crippen LogP) is 1.76. The summed E-state index contributed by atoms with van der Waals surface area (Å²) in [6, 6.07) is 8.29. The molecule has 0 fully saturated rings. The first-order chi connectivity index (χ1) is 9.58. The molecule has 0 saturated heterocycles. The third-order valence-electron chi connectivity index (χ3n) is 2.68. The van der Waals surface area contributed by atoms with Gasteiger partial charge in [-0.2, -0.15) is 0 Å². The lowest BCUT2D eigenvalue weighted by atomic mass is 10.1. The zero-order valence-corrected chi connectivity index (χ0v) is 11.2. The van der Waals surface area contributed by atoms with Crippen molar-refractivity contribution in [3.63, 3.8) is 0 Å². The molecule has 0 atom stereocenters. The minimum atomic E-state index is -0.506. The van der Waals surface area contributed by atoms with Crippen molar-refractivity contribution in [2.45, 2.75) is 6.54 Å². The smallest absolute Gasteiger partial charge is 0.254 e. The molecule has 1 aromatic carbocycles. The summed E-state index contributed by atoms with van der Waals surface area (Å²) in [6.07, 6.45) is 2.91. The number of aromatic nitrogens is 1. The normalized spacial score (nSPS) is 10.1. The number of hydrogen-bond acceptors (Lipinski definition) is 3. The van der Waals surface area contributed by atoms with Gasteiger partial charge in [-0.05, 0) is 23.8 Å². The van der Waals surface area contributed by atoms with Crippen molar-refractivity contribution in [3.8, 4) is 0 Å². The number of rotatable bonds is 4. The van der Waals surface area contributed by atoms with Crippen LogP contribution in [0, 0.1) is 0 Å². The molecule has 0 aliphatic rings. The number of hydrogen-bond donors (Lipinski definition) is 2. The Balaban J connectivity index is 2.06. The average molecular weight is 290 g/mol. The number of carbonyl (C=O) groups excluding carboxylic acids is 2. The molecular weight excluding hydrogens is 278 g/mol. The standard InChI is InChI=1S/C14H12ClN3O2/c15-12-4-5-17-8-11(12)14(20)18-7-9-2-1-3-10(6-9)13(16)19/h1-6,8H,7H2,(H2,16,19)(H,18,20). The minimum absolute atomic E-state index is 0.269. The highest BCUT2D eigenvalue weighted by Gasteiger charge is 2.10. The van der Waals surface area contributed by atoms with Gasteiger partial charge in [0, 0.05) is 24.5 Å². The van der Waals surface area contributed by atoms with Crippen molar-refractivity contribution < 1.29 is 9.59 Å². The van der Waals surface area contributed by atoms with Crippen LogP contribution in [0.1, 0.15) is 26.3 Å². The maximum atomic E-state index is 11.9. The van der Waals surface area contributed by atoms with E-state index in [1.165, 1.54) is 12.4 Å². The lowest BCUT2D eigenvalue weighted by molar-refractivity contribution is 0.0950. The first-order valence-corrected chi connectivity index (χ1v) is 6.22. The number of carbonyl (C=O) groups is 2. The molecule has 0 saturated carbocycles. The lowest BCUT2D eigenvalue weighted by Gasteiger charge is -2.07. The maximum Gasteiger partial charge on any atom is 0.254 e. The van der Waals surface area contributed by atoms with Crippen LogP contribution in [0.15, 0.2) is 42.7 Å². The topological polar surface area (TPSA) is 85.1 Å². The number of nitrogens with two attached hydrogens (primary N) is 1. The largest absolute Gasteiger partial charge is 0.366 e. The van der Waals surface area contributed by atoms with E-state index in [1.807, 2.05) is 0 Å². The summed E-state index contributed by atoms with van der Waals surface area (Å²) in [7, 11) is 0. The van der Waals surface area contributed by atoms with Gasteiger partial charge in [-0.15, -0.1) is 0 Å². The molecule has 1 heterocycles. The van der Waals surface area contributed by atoms with E-state index in [-0.39, 0.29) is 12.5 Å². The third kappa shape index (κ3) is 3.33. The van der Waals surface area contributed by atoms with Gasteiger partial charge >= 0.3 is 0 Å². The minimum Gasteiger partial charge on any atom is -0.366 e. The molecule has 2 rings (SSSR count). The third-order valence-corrected chi connectivity index (χ3v) is 3.01. The molecule has 3 N–H and O–H groups in total. The summed E-state index contributed by atoms with van der Waals surface area (Å²) in [4.78, 5) is 26.8. The molecule has 5 nitrogen and oxygen atoms in total. The van der Waals surface area contributed by atoms with Crippen LogP contribution in [0.2, 0.25) is 5.02 Å². The highest BCUT2D eigenvalue weighted by molar-refractivity contribution is 6.33. The molecule has 0 bridgehead atoms. The fraction of sp³-hybridized carbons (Fsp3) is 0.0714. The quantitative estimate of drug-likeness (QED) is 0.899. The molecule has 0 radical (unpaired) electrons. The van der Waals surface area contributed by atoms with Gasteiger partial charge in [-0.3, -0.25) is 14.6 Å². The summed E-state index contributed by atoms with van der Waals surface area (Å²) < 4.78 is 0. The molecule has 1 aromatic heterocycles. The molecule has 0 aliphatic carbocycles. The van der Waals surface area contributed by atoms with E-state index >= 15 is 0 Å². The zero-order chi connectivity index (χ0) is 14.5. The molecular formula is C14H12ClN3O2. The van der Waals surface area contributed by atoms with Crippen LogP contribution in [-0.2, 0) is 6.54 Å². The summed E-state index contributed by atoms with van der Waals surface area (Å²) in [5, 5.41) is 3.04. The Morgan fingerprint density at radius 2 is 2.10 bits per heavy atom. The second kappa shape index (κ2) is 6.16. The predicted molar refractivity (Wildman–Crippen MR) is 75.4 cm³/mol. The SMILES string of the molecule is NC(=O)c1cccc(CNC(=O)c2cnccc2Cl)c1. The Labute approximate surface area is 120 Å². The van der Waals surface area contributed by atoms with Crippen LogP contribution in [0.25, 0.3) is 0 Å². The van der Waals surface area contributed by atoms with E-state index in [4.69, 9.17) is 17.3 Å². The van der Waals surface area contributed by atoms with E-state index in [0.29, 0.717) is 16.1 Å². The summed E-state index contributed by atoms with van der Waals surface area (Å²) in [5.74, 6) is -0.832. The van der Waals surface area contributed by atoms with Gasteiger partial charge in [0.05, 0.1) is 10.6 Å². The zero-order valence-electron chi connectivity index (χ0n) is 10.5. The molecule has 6 heteroatoms. The molecule has 2 amide bonds. The molecule has 2 aromatic rings. The van der Waals surface area contributed by atoms with Crippen molar-refractivity contribution in [2.24, 2.45) is 5.73 Å². The van der Waals surface area contributed by atoms with Crippen LogP contribution >= 0.6 is 11.6 Å². The number of primary amides is 1. The van der Waals surface area contributed by atoms with Crippen molar-refractivity contribution >= 4 is 23.4 Å². The van der Waals surface area contributed by atoms with Crippen molar-refractivity contribution in [2.75, 3.05) is 0 Å². The van der Waals surface area contributed by atoms with Crippen LogP contribution < -0.4 is 11.1 Å². The number of nitrogens with zero attached hydrogens (tertiary/aromatic N) is 1. The monoisotopic (exact) mass is 289 g/mol. The number of halogens is 1. The summed E-state index contributed by atoms with van der Waals surface area (Å²) >= 11 is 5.91. The van der Waals surface area contributed by atoms with Crippen molar-refractivity contribution in [3.05, 3.63) is 64.4 Å². The average Bonchev–Trinajstić information content (AvgIpc) is 2.45. The van der Waals surface area contributed by atoms with Crippen LogP contribution in [0.3, 0.4) is 0 Å². The number of benzene rings is 1. The molecule has 0 spiro atoms. The molecule has 102 valence electrons. The van der Waals surface area contributed by atoms with Crippen molar-refractivity contribution in [1.82, 2.24) is 10.3 Å². The van der Waals surface area contributed by atoms with E-state index in [9.17, 15) is 9.59 Å². The Kier molecular flexibility index (Phi) is 4.32. The Bertz CT molecular complexity index is 658. The Morgan fingerprint density at radius 3 is 2.80 bits per heavy atom. The highest BCUT2D eigenvalue weighted by Crippen LogP contribution is 2.13. The second-order valence-corrected chi connectivity index (χ2v) is 4.51. The molecule has 0 aliphatic heterocycles. The van der Waals surface area contributed by atoms with Gasteiger partial charge in [-0.25, -0.2) is 0 Å². The summed E-state index contributed by atoms with van der Waals surface area (Å²) in [5.41, 5.74) is 6.68. The number of nitrogens with one attached hydrogen (secondary N) is 1. The van der Waals surface area contributed by atoms with Gasteiger partial charge in [0.15, 0.2) is 0 Å². The second-order valence-electron chi connectivity index (χ2n) is 4.10. The van der Waals surface area contributed by atoms with E-state index in [0.717, 1.165) is 5.56 Å². The van der Waals surface area contributed by atoms with Crippen LogP contribution in [0.4, 0.5) is 0 Å². The van der Waals surface area contributed by atoms with E-state index in [2.05, 4.69) is 10.3 Å². The van der Waals surface area contributed by atoms with Gasteiger partial charge in [0.25, 0.3) is 5.91 Å². The summed E-state index contributed by atoms with van der Waals surface area (Å²) in [6.45, 7) is 0.269. The van der Waals surface area contributed by atoms with Gasteiger partial charge < -0.3 is 11.1 Å². The fourth-order valence-corrected chi connectivity index (χ4v) is 1.85. The molecule has 0 unspecified atom stereocenters. The Morgan fingerprint density at radius 1 is 1.30 bits per heavy atom. The number of pyridine rings is 1. The van der Waals surface area contributed by atoms with Crippen molar-refractivity contribution in [1.29, 1.82) is 0 Å². The highest BCUT2D eigenvalue weighted by atomic mass is 35.5. The number of amides is 2. The van der Waals surface area contributed by atoms with Gasteiger partial charge in [-0.1, -0.05) is 23.7 Å². The molecule has 20 heavy (non-hydrogen) atoms. The lowest BCUT2D eigenvalue weighted by Crippen LogP contribution is -2.23. The maximum absolute atomic E-state index is 11.9. The first kappa shape index (κ1) is 14.0. The van der Waals surface area contributed by atoms with Crippen LogP contribution in [0.5, 0.6) is 0 Å². The first-order valence-electron chi connectivity index (χ1n) is 5.84. The van der Waals surface area contributed by atoms with Gasteiger partial charge in [0.1, 0.15) is 0 Å². The van der Waals surface area contributed by atoms with E-state index in [1.54, 1.807) is 30.3 Å². The Hall–Kier alpha value is -2.40.